The summed E-state index contributed by atoms with van der Waals surface area (Å²) in [5.41, 5.74) is -0.568. The molecule has 118 valence electrons. The first-order valence-electron chi connectivity index (χ1n) is 7.93. The quantitative estimate of drug-likeness (QED) is 0.660. The third kappa shape index (κ3) is 5.41. The first-order valence-corrected chi connectivity index (χ1v) is 7.93. The fraction of sp³-hybridized carbons (Fsp3) is 0.938. The van der Waals surface area contributed by atoms with Gasteiger partial charge in [-0.1, -0.05) is 13.8 Å². The van der Waals surface area contributed by atoms with Crippen molar-refractivity contribution in [3.63, 3.8) is 0 Å². The minimum Gasteiger partial charge on any atom is -0.465 e. The monoisotopic (exact) mass is 284 g/mol. The lowest BCUT2D eigenvalue weighted by atomic mass is 9.92. The van der Waals surface area contributed by atoms with Crippen molar-refractivity contribution in [3.8, 4) is 0 Å². The second-order valence-electron chi connectivity index (χ2n) is 6.86. The fourth-order valence-electron chi connectivity index (χ4n) is 2.67. The molecule has 0 saturated heterocycles. The van der Waals surface area contributed by atoms with E-state index in [0.29, 0.717) is 24.6 Å². The van der Waals surface area contributed by atoms with E-state index in [4.69, 9.17) is 4.74 Å². The van der Waals surface area contributed by atoms with Crippen LogP contribution in [0.15, 0.2) is 0 Å². The van der Waals surface area contributed by atoms with Crippen LogP contribution in [-0.2, 0) is 9.53 Å². The summed E-state index contributed by atoms with van der Waals surface area (Å²) in [4.78, 5) is 14.6. The summed E-state index contributed by atoms with van der Waals surface area (Å²) in [6, 6.07) is 0.838. The van der Waals surface area contributed by atoms with Crippen molar-refractivity contribution >= 4 is 5.97 Å². The van der Waals surface area contributed by atoms with Crippen LogP contribution in [0, 0.1) is 5.92 Å². The van der Waals surface area contributed by atoms with E-state index in [1.54, 1.807) is 0 Å². The topological polar surface area (TPSA) is 41.6 Å². The smallest absolute Gasteiger partial charge is 0.326 e. The summed E-state index contributed by atoms with van der Waals surface area (Å²) in [6.45, 7) is 12.0. The Morgan fingerprint density at radius 1 is 1.40 bits per heavy atom. The molecule has 0 aromatic carbocycles. The van der Waals surface area contributed by atoms with E-state index in [1.807, 2.05) is 13.8 Å². The molecule has 0 heterocycles. The predicted molar refractivity (Wildman–Crippen MR) is 82.7 cm³/mol. The molecule has 0 spiro atoms. The Labute approximate surface area is 124 Å². The van der Waals surface area contributed by atoms with E-state index in [1.165, 1.54) is 12.8 Å². The Hall–Kier alpha value is -0.610. The molecule has 0 bridgehead atoms. The number of nitrogens with zero attached hydrogens (tertiary/aromatic N) is 1. The molecular formula is C16H32N2O2. The van der Waals surface area contributed by atoms with Gasteiger partial charge in [-0.05, 0) is 53.0 Å². The molecule has 2 unspecified atom stereocenters. The summed E-state index contributed by atoms with van der Waals surface area (Å²) in [7, 11) is 2.13. The Kier molecular flexibility index (Phi) is 6.46. The van der Waals surface area contributed by atoms with Crippen molar-refractivity contribution in [2.24, 2.45) is 5.92 Å². The molecular weight excluding hydrogens is 252 g/mol. The molecule has 4 heteroatoms. The third-order valence-electron chi connectivity index (χ3n) is 3.94. The highest BCUT2D eigenvalue weighted by Crippen LogP contribution is 2.26. The van der Waals surface area contributed by atoms with Gasteiger partial charge in [0, 0.05) is 18.6 Å². The number of hydrogen-bond donors (Lipinski definition) is 1. The van der Waals surface area contributed by atoms with Crippen molar-refractivity contribution < 1.29 is 9.53 Å². The van der Waals surface area contributed by atoms with E-state index >= 15 is 0 Å². The van der Waals surface area contributed by atoms with Crippen LogP contribution in [-0.4, -0.2) is 48.7 Å². The van der Waals surface area contributed by atoms with Crippen molar-refractivity contribution in [1.29, 1.82) is 0 Å². The Balaban J connectivity index is 2.65. The largest absolute Gasteiger partial charge is 0.465 e. The van der Waals surface area contributed by atoms with Crippen molar-refractivity contribution in [2.45, 2.75) is 71.5 Å². The van der Waals surface area contributed by atoms with Crippen LogP contribution in [0.2, 0.25) is 0 Å². The van der Waals surface area contributed by atoms with Gasteiger partial charge in [-0.15, -0.1) is 0 Å². The predicted octanol–water partition coefficient (Wildman–Crippen LogP) is 2.43. The summed E-state index contributed by atoms with van der Waals surface area (Å²) in [6.07, 6.45) is 3.13. The van der Waals surface area contributed by atoms with Crippen molar-refractivity contribution in [2.75, 3.05) is 20.2 Å². The fourth-order valence-corrected chi connectivity index (χ4v) is 2.67. The molecule has 1 aliphatic carbocycles. The molecule has 20 heavy (non-hydrogen) atoms. The highest BCUT2D eigenvalue weighted by atomic mass is 16.5. The van der Waals surface area contributed by atoms with Gasteiger partial charge in [0.25, 0.3) is 0 Å². The summed E-state index contributed by atoms with van der Waals surface area (Å²) in [5, 5.41) is 3.49. The van der Waals surface area contributed by atoms with Crippen LogP contribution in [0.4, 0.5) is 0 Å². The zero-order valence-corrected chi connectivity index (χ0v) is 14.0. The molecule has 1 saturated carbocycles. The maximum Gasteiger partial charge on any atom is 0.326 e. The van der Waals surface area contributed by atoms with Crippen LogP contribution in [0.3, 0.4) is 0 Å². The molecule has 0 radical (unpaired) electrons. The zero-order valence-electron chi connectivity index (χ0n) is 14.0. The highest BCUT2D eigenvalue weighted by molar-refractivity contribution is 5.80. The van der Waals surface area contributed by atoms with Gasteiger partial charge in [-0.3, -0.25) is 10.1 Å². The summed E-state index contributed by atoms with van der Waals surface area (Å²) >= 11 is 0. The zero-order chi connectivity index (χ0) is 15.3. The van der Waals surface area contributed by atoms with Crippen LogP contribution in [0.25, 0.3) is 0 Å². The summed E-state index contributed by atoms with van der Waals surface area (Å²) < 4.78 is 5.28. The highest BCUT2D eigenvalue weighted by Gasteiger charge is 2.41. The van der Waals surface area contributed by atoms with Gasteiger partial charge in [0.15, 0.2) is 0 Å². The van der Waals surface area contributed by atoms with E-state index in [9.17, 15) is 4.79 Å². The minimum atomic E-state index is -0.568. The van der Waals surface area contributed by atoms with E-state index < -0.39 is 5.54 Å². The van der Waals surface area contributed by atoms with Gasteiger partial charge in [-0.25, -0.2) is 0 Å². The first-order chi connectivity index (χ1) is 9.28. The lowest BCUT2D eigenvalue weighted by Gasteiger charge is -2.35. The molecule has 1 rings (SSSR count). The number of esters is 1. The Morgan fingerprint density at radius 2 is 2.00 bits per heavy atom. The van der Waals surface area contributed by atoms with Crippen LogP contribution >= 0.6 is 0 Å². The number of carbonyl (C=O) groups excluding carboxylic acids is 1. The minimum absolute atomic E-state index is 0.114. The molecule has 2 atom stereocenters. The second kappa shape index (κ2) is 7.41. The van der Waals surface area contributed by atoms with E-state index in [2.05, 4.69) is 38.0 Å². The average Bonchev–Trinajstić information content (AvgIpc) is 3.11. The normalized spacial score (nSPS) is 20.0. The third-order valence-corrected chi connectivity index (χ3v) is 3.94. The van der Waals surface area contributed by atoms with Crippen LogP contribution < -0.4 is 5.32 Å². The molecule has 0 aromatic rings. The molecule has 0 aliphatic heterocycles. The number of hydrogen-bond acceptors (Lipinski definition) is 4. The standard InChI is InChI=1S/C16H32N2O2/c1-7-20-15(19)16(5,17-14-8-9-14)10-13(4)18(6)11-12(2)3/h12-14,17H,7-11H2,1-6H3. The lowest BCUT2D eigenvalue weighted by Crippen LogP contribution is -2.55. The Bertz CT molecular complexity index is 316. The number of ether oxygens (including phenoxy) is 1. The van der Waals surface area contributed by atoms with Crippen LogP contribution in [0.1, 0.15) is 53.9 Å². The molecule has 1 fully saturated rings. The molecule has 1 N–H and O–H groups in total. The van der Waals surface area contributed by atoms with Gasteiger partial charge < -0.3 is 9.64 Å². The van der Waals surface area contributed by atoms with Crippen molar-refractivity contribution in [1.82, 2.24) is 10.2 Å². The molecule has 0 amide bonds. The van der Waals surface area contributed by atoms with Gasteiger partial charge >= 0.3 is 5.97 Å². The molecule has 1 aliphatic rings. The average molecular weight is 284 g/mol. The number of nitrogens with one attached hydrogen (secondary N) is 1. The van der Waals surface area contributed by atoms with Gasteiger partial charge in [0.2, 0.25) is 0 Å². The lowest BCUT2D eigenvalue weighted by molar-refractivity contribution is -0.151. The Morgan fingerprint density at radius 3 is 2.45 bits per heavy atom. The second-order valence-corrected chi connectivity index (χ2v) is 6.86. The molecule has 4 nitrogen and oxygen atoms in total. The maximum atomic E-state index is 12.3. The van der Waals surface area contributed by atoms with Gasteiger partial charge in [-0.2, -0.15) is 0 Å². The number of carbonyl (C=O) groups is 1. The summed E-state index contributed by atoms with van der Waals surface area (Å²) in [5.74, 6) is 0.518. The van der Waals surface area contributed by atoms with E-state index in [0.717, 1.165) is 13.0 Å². The molecule has 0 aromatic heterocycles. The van der Waals surface area contributed by atoms with Gasteiger partial charge in [0.05, 0.1) is 6.61 Å². The first kappa shape index (κ1) is 17.4. The SMILES string of the molecule is CCOC(=O)C(C)(CC(C)N(C)CC(C)C)NC1CC1. The van der Waals surface area contributed by atoms with E-state index in [-0.39, 0.29) is 5.97 Å². The number of rotatable bonds is 9. The van der Waals surface area contributed by atoms with Crippen molar-refractivity contribution in [3.05, 3.63) is 0 Å². The van der Waals surface area contributed by atoms with Crippen LogP contribution in [0.5, 0.6) is 0 Å². The maximum absolute atomic E-state index is 12.3. The van der Waals surface area contributed by atoms with Gasteiger partial charge in [0.1, 0.15) is 5.54 Å².